The second-order valence-corrected chi connectivity index (χ2v) is 10.7. The maximum atomic E-state index is 12.5. The summed E-state index contributed by atoms with van der Waals surface area (Å²) in [4.78, 5) is 17.0. The number of nitrogens with one attached hydrogen (secondary N) is 1. The minimum atomic E-state index is -3.60. The molecule has 9 heteroatoms. The second kappa shape index (κ2) is 11.9. The second-order valence-electron chi connectivity index (χ2n) is 8.92. The van der Waals surface area contributed by atoms with Gasteiger partial charge < -0.3 is 14.4 Å². The standard InChI is InChI=1S/C23H37N3O5S/c1-19(2)9-11-25-12-14-26(15-13-25)23(27)6-4-3-5-10-24-32(28,29)20-7-8-21-22(18-20)31-17-16-30-21/h7-8,18-19,24H,3-6,9-17H2,1-2H3. The van der Waals surface area contributed by atoms with Crippen LogP contribution in [0.25, 0.3) is 0 Å². The molecule has 1 amide bonds. The predicted octanol–water partition coefficient (Wildman–Crippen LogP) is 2.49. The van der Waals surface area contributed by atoms with Gasteiger partial charge in [-0.05, 0) is 43.9 Å². The molecule has 0 atom stereocenters. The van der Waals surface area contributed by atoms with Crippen molar-refractivity contribution in [3.05, 3.63) is 18.2 Å². The summed E-state index contributed by atoms with van der Waals surface area (Å²) < 4.78 is 38.5. The molecule has 8 nitrogen and oxygen atoms in total. The number of benzene rings is 1. The normalized spacial score (nSPS) is 17.0. The van der Waals surface area contributed by atoms with Crippen LogP contribution in [0.2, 0.25) is 0 Å². The Labute approximate surface area is 192 Å². The number of nitrogens with zero attached hydrogens (tertiary/aromatic N) is 2. The highest BCUT2D eigenvalue weighted by molar-refractivity contribution is 7.89. The van der Waals surface area contributed by atoms with Gasteiger partial charge in [0.15, 0.2) is 11.5 Å². The van der Waals surface area contributed by atoms with Crippen molar-refractivity contribution >= 4 is 15.9 Å². The van der Waals surface area contributed by atoms with Gasteiger partial charge in [0.2, 0.25) is 15.9 Å². The van der Waals surface area contributed by atoms with Gasteiger partial charge in [-0.2, -0.15) is 0 Å². The Morgan fingerprint density at radius 2 is 1.75 bits per heavy atom. The van der Waals surface area contributed by atoms with Crippen LogP contribution in [-0.4, -0.2) is 76.6 Å². The van der Waals surface area contributed by atoms with E-state index < -0.39 is 10.0 Å². The summed E-state index contributed by atoms with van der Waals surface area (Å²) in [5, 5.41) is 0. The topological polar surface area (TPSA) is 88.2 Å². The number of sulfonamides is 1. The van der Waals surface area contributed by atoms with Crippen molar-refractivity contribution in [2.24, 2.45) is 5.92 Å². The van der Waals surface area contributed by atoms with Crippen molar-refractivity contribution in [2.45, 2.75) is 50.8 Å². The average Bonchev–Trinajstić information content (AvgIpc) is 2.79. The van der Waals surface area contributed by atoms with Gasteiger partial charge in [-0.1, -0.05) is 20.3 Å². The van der Waals surface area contributed by atoms with Crippen LogP contribution < -0.4 is 14.2 Å². The third kappa shape index (κ3) is 7.35. The van der Waals surface area contributed by atoms with Gasteiger partial charge in [-0.15, -0.1) is 0 Å². The maximum absolute atomic E-state index is 12.5. The van der Waals surface area contributed by atoms with Crippen LogP contribution in [-0.2, 0) is 14.8 Å². The Balaban J connectivity index is 1.30. The molecule has 2 aliphatic rings. The lowest BCUT2D eigenvalue weighted by molar-refractivity contribution is -0.133. The molecule has 0 bridgehead atoms. The molecule has 32 heavy (non-hydrogen) atoms. The van der Waals surface area contributed by atoms with E-state index in [0.29, 0.717) is 50.0 Å². The number of fused-ring (bicyclic) bond motifs is 1. The van der Waals surface area contributed by atoms with Crippen LogP contribution in [0.5, 0.6) is 11.5 Å². The van der Waals surface area contributed by atoms with Gasteiger partial charge in [0, 0.05) is 45.2 Å². The fraction of sp³-hybridized carbons (Fsp3) is 0.696. The molecule has 2 aliphatic heterocycles. The predicted molar refractivity (Wildman–Crippen MR) is 124 cm³/mol. The molecule has 1 aromatic rings. The van der Waals surface area contributed by atoms with Gasteiger partial charge in [0.05, 0.1) is 4.90 Å². The average molecular weight is 468 g/mol. The van der Waals surface area contributed by atoms with Crippen LogP contribution in [0.4, 0.5) is 0 Å². The number of piperazine rings is 1. The first-order valence-corrected chi connectivity index (χ1v) is 13.2. The third-order valence-electron chi connectivity index (χ3n) is 5.93. The number of hydrogen-bond acceptors (Lipinski definition) is 6. The summed E-state index contributed by atoms with van der Waals surface area (Å²) in [5.74, 6) is 1.95. The van der Waals surface area contributed by atoms with Gasteiger partial charge in [-0.25, -0.2) is 13.1 Å². The zero-order valence-electron chi connectivity index (χ0n) is 19.3. The lowest BCUT2D eigenvalue weighted by Gasteiger charge is -2.35. The number of unbranched alkanes of at least 4 members (excludes halogenated alkanes) is 2. The Kier molecular flexibility index (Phi) is 9.19. The molecule has 0 saturated carbocycles. The van der Waals surface area contributed by atoms with E-state index in [9.17, 15) is 13.2 Å². The van der Waals surface area contributed by atoms with Gasteiger partial charge in [0.1, 0.15) is 13.2 Å². The number of ether oxygens (including phenoxy) is 2. The van der Waals surface area contributed by atoms with E-state index >= 15 is 0 Å². The number of amides is 1. The van der Waals surface area contributed by atoms with E-state index in [2.05, 4.69) is 23.5 Å². The molecule has 0 aromatic heterocycles. The molecule has 1 saturated heterocycles. The molecular weight excluding hydrogens is 430 g/mol. The van der Waals surface area contributed by atoms with Crippen molar-refractivity contribution in [2.75, 3.05) is 52.5 Å². The van der Waals surface area contributed by atoms with E-state index in [-0.39, 0.29) is 10.8 Å². The quantitative estimate of drug-likeness (QED) is 0.503. The highest BCUT2D eigenvalue weighted by Crippen LogP contribution is 2.32. The number of carbonyl (C=O) groups excluding carboxylic acids is 1. The van der Waals surface area contributed by atoms with Crippen molar-refractivity contribution in [1.29, 1.82) is 0 Å². The molecule has 1 N–H and O–H groups in total. The lowest BCUT2D eigenvalue weighted by Crippen LogP contribution is -2.48. The van der Waals surface area contributed by atoms with Gasteiger partial charge in [0.25, 0.3) is 0 Å². The van der Waals surface area contributed by atoms with E-state index in [1.165, 1.54) is 18.6 Å². The molecule has 0 aliphatic carbocycles. The fourth-order valence-electron chi connectivity index (χ4n) is 3.88. The van der Waals surface area contributed by atoms with Crippen LogP contribution >= 0.6 is 0 Å². The molecule has 180 valence electrons. The van der Waals surface area contributed by atoms with Gasteiger partial charge >= 0.3 is 0 Å². The molecule has 3 rings (SSSR count). The van der Waals surface area contributed by atoms with Crippen molar-refractivity contribution < 1.29 is 22.7 Å². The summed E-state index contributed by atoms with van der Waals surface area (Å²) in [7, 11) is -3.60. The smallest absolute Gasteiger partial charge is 0.240 e. The Hall–Kier alpha value is -1.84. The van der Waals surface area contributed by atoms with E-state index in [1.807, 2.05) is 4.90 Å². The number of hydrogen-bond donors (Lipinski definition) is 1. The molecule has 0 radical (unpaired) electrons. The Morgan fingerprint density at radius 1 is 1.03 bits per heavy atom. The summed E-state index contributed by atoms with van der Waals surface area (Å²) in [6.45, 7) is 10.4. The number of rotatable bonds is 11. The third-order valence-corrected chi connectivity index (χ3v) is 7.39. The van der Waals surface area contributed by atoms with E-state index in [1.54, 1.807) is 6.07 Å². The molecule has 1 fully saturated rings. The van der Waals surface area contributed by atoms with Crippen molar-refractivity contribution in [3.63, 3.8) is 0 Å². The van der Waals surface area contributed by atoms with Crippen molar-refractivity contribution in [1.82, 2.24) is 14.5 Å². The van der Waals surface area contributed by atoms with E-state index in [4.69, 9.17) is 9.47 Å². The zero-order valence-corrected chi connectivity index (χ0v) is 20.2. The molecule has 2 heterocycles. The molecular formula is C23H37N3O5S. The summed E-state index contributed by atoms with van der Waals surface area (Å²) in [6.07, 6.45) is 4.01. The fourth-order valence-corrected chi connectivity index (χ4v) is 4.97. The summed E-state index contributed by atoms with van der Waals surface area (Å²) in [5.41, 5.74) is 0. The highest BCUT2D eigenvalue weighted by Gasteiger charge is 2.21. The summed E-state index contributed by atoms with van der Waals surface area (Å²) in [6, 6.07) is 4.65. The monoisotopic (exact) mass is 467 g/mol. The Morgan fingerprint density at radius 3 is 2.47 bits per heavy atom. The SMILES string of the molecule is CC(C)CCN1CCN(C(=O)CCCCCNS(=O)(=O)c2ccc3c(c2)OCCO3)CC1. The minimum absolute atomic E-state index is 0.171. The van der Waals surface area contributed by atoms with Crippen LogP contribution in [0, 0.1) is 5.92 Å². The number of carbonyl (C=O) groups is 1. The Bertz CT molecular complexity index is 851. The summed E-state index contributed by atoms with van der Waals surface area (Å²) >= 11 is 0. The largest absolute Gasteiger partial charge is 0.486 e. The first-order chi connectivity index (χ1) is 15.3. The van der Waals surface area contributed by atoms with Gasteiger partial charge in [-0.3, -0.25) is 9.69 Å². The van der Waals surface area contributed by atoms with Crippen molar-refractivity contribution in [3.8, 4) is 11.5 Å². The molecule has 0 unspecified atom stereocenters. The van der Waals surface area contributed by atoms with E-state index in [0.717, 1.165) is 45.6 Å². The highest BCUT2D eigenvalue weighted by atomic mass is 32.2. The zero-order chi connectivity index (χ0) is 23.0. The maximum Gasteiger partial charge on any atom is 0.240 e. The molecule has 1 aromatic carbocycles. The van der Waals surface area contributed by atoms with Crippen LogP contribution in [0.15, 0.2) is 23.1 Å². The molecule has 0 spiro atoms. The first kappa shape index (κ1) is 24.8. The first-order valence-electron chi connectivity index (χ1n) is 11.7. The van der Waals surface area contributed by atoms with Crippen LogP contribution in [0.3, 0.4) is 0 Å². The minimum Gasteiger partial charge on any atom is -0.486 e. The van der Waals surface area contributed by atoms with Crippen LogP contribution in [0.1, 0.15) is 46.0 Å². The lowest BCUT2D eigenvalue weighted by atomic mass is 10.1.